The van der Waals surface area contributed by atoms with Crippen molar-refractivity contribution in [1.29, 1.82) is 0 Å². The Kier molecular flexibility index (Phi) is 5.66. The van der Waals surface area contributed by atoms with Gasteiger partial charge in [0.15, 0.2) is 5.16 Å². The second-order valence-electron chi connectivity index (χ2n) is 5.25. The summed E-state index contributed by atoms with van der Waals surface area (Å²) in [6.45, 7) is 6.22. The largest absolute Gasteiger partial charge is 0.343 e. The van der Waals surface area contributed by atoms with Crippen molar-refractivity contribution in [3.05, 3.63) is 38.7 Å². The van der Waals surface area contributed by atoms with Crippen molar-refractivity contribution >= 4 is 27.7 Å². The predicted octanol–water partition coefficient (Wildman–Crippen LogP) is 2.77. The molecule has 0 aliphatic rings. The van der Waals surface area contributed by atoms with Gasteiger partial charge in [0.25, 0.3) is 0 Å². The zero-order chi connectivity index (χ0) is 15.4. The first kappa shape index (κ1) is 16.3. The Balaban J connectivity index is 2.05. The summed E-state index contributed by atoms with van der Waals surface area (Å²) < 4.78 is 2.56. The van der Waals surface area contributed by atoms with Crippen LogP contribution in [0.4, 0.5) is 0 Å². The molecule has 0 amide bonds. The fraction of sp³-hybridized carbons (Fsp3) is 0.429. The number of rotatable bonds is 6. The number of benzene rings is 1. The van der Waals surface area contributed by atoms with Gasteiger partial charge in [0, 0.05) is 23.0 Å². The van der Waals surface area contributed by atoms with Crippen LogP contribution < -0.4 is 11.0 Å². The Morgan fingerprint density at radius 2 is 2.24 bits per heavy atom. The molecule has 0 radical (unpaired) electrons. The highest BCUT2D eigenvalue weighted by Gasteiger charge is 2.08. The number of nitrogens with one attached hydrogen (secondary N) is 2. The summed E-state index contributed by atoms with van der Waals surface area (Å²) in [5.74, 6) is 0.638. The Hall–Kier alpha value is -1.05. The normalized spacial score (nSPS) is 11.3. The maximum atomic E-state index is 11.3. The van der Waals surface area contributed by atoms with Crippen LogP contribution in [0.2, 0.25) is 0 Å². The first-order valence-electron chi connectivity index (χ1n) is 6.75. The standard InChI is InChI=1S/C14H19BrN4OS/c1-9(2)7-16-8-10-4-5-11(6-12(10)15)21-14-18-17-13(20)19(14)3/h4-6,9,16H,7-8H2,1-3H3,(H,17,20). The average molecular weight is 371 g/mol. The summed E-state index contributed by atoms with van der Waals surface area (Å²) >= 11 is 5.06. The van der Waals surface area contributed by atoms with Gasteiger partial charge in [-0.2, -0.15) is 0 Å². The van der Waals surface area contributed by atoms with E-state index >= 15 is 0 Å². The molecule has 0 aliphatic heterocycles. The van der Waals surface area contributed by atoms with Crippen molar-refractivity contribution < 1.29 is 0 Å². The molecule has 0 saturated heterocycles. The third-order valence-corrected chi connectivity index (χ3v) is 4.72. The molecule has 0 spiro atoms. The Labute approximate surface area is 136 Å². The molecule has 2 aromatic rings. The van der Waals surface area contributed by atoms with Crippen LogP contribution in [0, 0.1) is 5.92 Å². The van der Waals surface area contributed by atoms with E-state index in [-0.39, 0.29) is 5.69 Å². The third kappa shape index (κ3) is 4.46. The highest BCUT2D eigenvalue weighted by molar-refractivity contribution is 9.10. The summed E-state index contributed by atoms with van der Waals surface area (Å²) in [6, 6.07) is 6.18. The van der Waals surface area contributed by atoms with Gasteiger partial charge in [0.05, 0.1) is 0 Å². The Morgan fingerprint density at radius 1 is 1.48 bits per heavy atom. The smallest absolute Gasteiger partial charge is 0.312 e. The second kappa shape index (κ2) is 7.29. The Bertz CT molecular complexity index is 665. The van der Waals surface area contributed by atoms with Gasteiger partial charge >= 0.3 is 5.69 Å². The number of hydrogen-bond donors (Lipinski definition) is 2. The Morgan fingerprint density at radius 3 is 2.81 bits per heavy atom. The molecule has 0 atom stereocenters. The van der Waals surface area contributed by atoms with E-state index in [1.54, 1.807) is 7.05 Å². The second-order valence-corrected chi connectivity index (χ2v) is 7.15. The van der Waals surface area contributed by atoms with Gasteiger partial charge in [0.1, 0.15) is 0 Å². The van der Waals surface area contributed by atoms with Gasteiger partial charge in [-0.25, -0.2) is 9.89 Å². The average Bonchev–Trinajstić information content (AvgIpc) is 2.73. The maximum Gasteiger partial charge on any atom is 0.343 e. The minimum absolute atomic E-state index is 0.203. The molecule has 114 valence electrons. The van der Waals surface area contributed by atoms with Gasteiger partial charge in [-0.05, 0) is 41.9 Å². The lowest BCUT2D eigenvalue weighted by molar-refractivity contribution is 0.551. The van der Waals surface area contributed by atoms with E-state index in [2.05, 4.69) is 57.4 Å². The van der Waals surface area contributed by atoms with E-state index in [1.807, 2.05) is 6.07 Å². The molecular weight excluding hydrogens is 352 g/mol. The molecule has 2 rings (SSSR count). The van der Waals surface area contributed by atoms with E-state index in [0.717, 1.165) is 22.5 Å². The van der Waals surface area contributed by atoms with Gasteiger partial charge in [-0.1, -0.05) is 35.8 Å². The maximum absolute atomic E-state index is 11.3. The number of aromatic nitrogens is 3. The monoisotopic (exact) mass is 370 g/mol. The van der Waals surface area contributed by atoms with E-state index in [4.69, 9.17) is 0 Å². The van der Waals surface area contributed by atoms with Crippen molar-refractivity contribution in [2.24, 2.45) is 13.0 Å². The molecule has 1 heterocycles. The molecule has 21 heavy (non-hydrogen) atoms. The summed E-state index contributed by atoms with van der Waals surface area (Å²) in [7, 11) is 1.70. The van der Waals surface area contributed by atoms with E-state index in [9.17, 15) is 4.79 Å². The van der Waals surface area contributed by atoms with Crippen molar-refractivity contribution in [3.63, 3.8) is 0 Å². The van der Waals surface area contributed by atoms with Gasteiger partial charge in [-0.3, -0.25) is 4.57 Å². The van der Waals surface area contributed by atoms with Crippen LogP contribution in [0.15, 0.2) is 37.5 Å². The van der Waals surface area contributed by atoms with E-state index in [1.165, 1.54) is 21.9 Å². The minimum atomic E-state index is -0.203. The van der Waals surface area contributed by atoms with Crippen LogP contribution in [0.3, 0.4) is 0 Å². The number of H-pyrrole nitrogens is 1. The lowest BCUT2D eigenvalue weighted by Gasteiger charge is -2.10. The summed E-state index contributed by atoms with van der Waals surface area (Å²) in [5, 5.41) is 10.5. The number of nitrogens with zero attached hydrogens (tertiary/aromatic N) is 2. The third-order valence-electron chi connectivity index (χ3n) is 2.94. The van der Waals surface area contributed by atoms with Crippen molar-refractivity contribution in [3.8, 4) is 0 Å². The SMILES string of the molecule is CC(C)CNCc1ccc(Sc2n[nH]c(=O)n2C)cc1Br. The molecule has 5 nitrogen and oxygen atoms in total. The van der Waals surface area contributed by atoms with E-state index < -0.39 is 0 Å². The van der Waals surface area contributed by atoms with Crippen LogP contribution in [-0.4, -0.2) is 21.3 Å². The zero-order valence-electron chi connectivity index (χ0n) is 12.3. The zero-order valence-corrected chi connectivity index (χ0v) is 14.7. The molecular formula is C14H19BrN4OS. The minimum Gasteiger partial charge on any atom is -0.312 e. The van der Waals surface area contributed by atoms with Crippen LogP contribution in [0.5, 0.6) is 0 Å². The topological polar surface area (TPSA) is 62.7 Å². The lowest BCUT2D eigenvalue weighted by atomic mass is 10.2. The lowest BCUT2D eigenvalue weighted by Crippen LogP contribution is -2.19. The molecule has 0 bridgehead atoms. The number of hydrogen-bond acceptors (Lipinski definition) is 4. The van der Waals surface area contributed by atoms with Crippen LogP contribution in [-0.2, 0) is 13.6 Å². The number of aromatic amines is 1. The summed E-state index contributed by atoms with van der Waals surface area (Å²) in [5.41, 5.74) is 1.02. The fourth-order valence-electron chi connectivity index (χ4n) is 1.76. The molecule has 7 heteroatoms. The van der Waals surface area contributed by atoms with E-state index in [0.29, 0.717) is 11.1 Å². The fourth-order valence-corrected chi connectivity index (χ4v) is 3.26. The van der Waals surface area contributed by atoms with Gasteiger partial charge < -0.3 is 5.32 Å². The molecule has 0 unspecified atom stereocenters. The molecule has 0 aliphatic carbocycles. The van der Waals surface area contributed by atoms with Gasteiger partial charge in [0.2, 0.25) is 0 Å². The van der Waals surface area contributed by atoms with Crippen molar-refractivity contribution in [2.75, 3.05) is 6.54 Å². The van der Waals surface area contributed by atoms with Gasteiger partial charge in [-0.15, -0.1) is 5.10 Å². The number of halogens is 1. The molecule has 2 N–H and O–H groups in total. The quantitative estimate of drug-likeness (QED) is 0.820. The highest BCUT2D eigenvalue weighted by atomic mass is 79.9. The van der Waals surface area contributed by atoms with Crippen LogP contribution in [0.1, 0.15) is 19.4 Å². The van der Waals surface area contributed by atoms with Crippen molar-refractivity contribution in [2.45, 2.75) is 30.4 Å². The van der Waals surface area contributed by atoms with Crippen LogP contribution >= 0.6 is 27.7 Å². The molecule has 0 saturated carbocycles. The highest BCUT2D eigenvalue weighted by Crippen LogP contribution is 2.29. The molecule has 0 fully saturated rings. The summed E-state index contributed by atoms with van der Waals surface area (Å²) in [6.07, 6.45) is 0. The summed E-state index contributed by atoms with van der Waals surface area (Å²) in [4.78, 5) is 12.4. The van der Waals surface area contributed by atoms with Crippen LogP contribution in [0.25, 0.3) is 0 Å². The first-order valence-corrected chi connectivity index (χ1v) is 8.36. The first-order chi connectivity index (χ1) is 9.97. The predicted molar refractivity (Wildman–Crippen MR) is 88.6 cm³/mol. The molecule has 1 aromatic heterocycles. The molecule has 1 aromatic carbocycles. The van der Waals surface area contributed by atoms with Crippen molar-refractivity contribution in [1.82, 2.24) is 20.1 Å².